The smallest absolute Gasteiger partial charge is 0.326 e. The third-order valence-corrected chi connectivity index (χ3v) is 4.31. The normalized spacial score (nSPS) is 23.4. The Labute approximate surface area is 111 Å². The summed E-state index contributed by atoms with van der Waals surface area (Å²) >= 11 is 0. The van der Waals surface area contributed by atoms with Crippen LogP contribution in [-0.2, 0) is 19.8 Å². The number of aliphatic carboxylic acids is 1. The van der Waals surface area contributed by atoms with E-state index < -0.39 is 39.8 Å². The van der Waals surface area contributed by atoms with Crippen molar-refractivity contribution in [2.75, 3.05) is 12.3 Å². The molecule has 0 aliphatic carbocycles. The number of rotatable bonds is 6. The summed E-state index contributed by atoms with van der Waals surface area (Å²) in [6.07, 6.45) is 0.455. The number of amides is 1. The van der Waals surface area contributed by atoms with Crippen molar-refractivity contribution < 1.29 is 27.0 Å². The Hall–Kier alpha value is -1.18. The molecule has 0 aromatic heterocycles. The summed E-state index contributed by atoms with van der Waals surface area (Å²) in [7, 11) is -4.65. The van der Waals surface area contributed by atoms with Crippen LogP contribution in [0, 0.1) is 11.8 Å². The fourth-order valence-corrected chi connectivity index (χ4v) is 3.16. The Morgan fingerprint density at radius 2 is 2.16 bits per heavy atom. The van der Waals surface area contributed by atoms with Gasteiger partial charge in [-0.05, 0) is 5.92 Å². The van der Waals surface area contributed by atoms with Gasteiger partial charge in [0.25, 0.3) is 0 Å². The zero-order valence-electron chi connectivity index (χ0n) is 10.9. The summed E-state index contributed by atoms with van der Waals surface area (Å²) in [5.74, 6) is -3.20. The Morgan fingerprint density at radius 1 is 1.58 bits per heavy atom. The molecule has 0 spiro atoms. The van der Waals surface area contributed by atoms with Crippen LogP contribution >= 0.6 is 0 Å². The maximum Gasteiger partial charge on any atom is 0.326 e. The van der Waals surface area contributed by atoms with Crippen LogP contribution in [0.4, 0.5) is 3.89 Å². The van der Waals surface area contributed by atoms with E-state index in [1.165, 1.54) is 0 Å². The van der Waals surface area contributed by atoms with E-state index in [2.05, 4.69) is 0 Å². The summed E-state index contributed by atoms with van der Waals surface area (Å²) in [4.78, 5) is 24.2. The quantitative estimate of drug-likeness (QED) is 0.726. The standard InChI is InChI=1S/C11H18FNO5S/c1-3-7(2)10(11(15)16)13-5-8(4-9(13)14)6-19(12,17)18/h7-8,10H,3-6H2,1-2H3,(H,15,16). The van der Waals surface area contributed by atoms with Crippen molar-refractivity contribution in [3.05, 3.63) is 0 Å². The number of carbonyl (C=O) groups excluding carboxylic acids is 1. The first kappa shape index (κ1) is 15.9. The number of carboxylic acid groups (broad SMARTS) is 1. The lowest BCUT2D eigenvalue weighted by atomic mass is 9.98. The van der Waals surface area contributed by atoms with Crippen LogP contribution in [0.5, 0.6) is 0 Å². The molecule has 0 bridgehead atoms. The van der Waals surface area contributed by atoms with Gasteiger partial charge in [0.15, 0.2) is 0 Å². The number of hydrogen-bond acceptors (Lipinski definition) is 4. The van der Waals surface area contributed by atoms with Crippen molar-refractivity contribution in [1.29, 1.82) is 0 Å². The molecule has 1 amide bonds. The molecule has 1 saturated heterocycles. The first-order valence-corrected chi connectivity index (χ1v) is 7.65. The lowest BCUT2D eigenvalue weighted by molar-refractivity contribution is -0.150. The zero-order chi connectivity index (χ0) is 14.8. The largest absolute Gasteiger partial charge is 0.480 e. The summed E-state index contributed by atoms with van der Waals surface area (Å²) in [5, 5.41) is 9.19. The van der Waals surface area contributed by atoms with Gasteiger partial charge in [-0.1, -0.05) is 20.3 Å². The molecule has 0 radical (unpaired) electrons. The molecule has 1 aliphatic rings. The lowest BCUT2D eigenvalue weighted by Gasteiger charge is -2.29. The van der Waals surface area contributed by atoms with Crippen LogP contribution in [0.15, 0.2) is 0 Å². The van der Waals surface area contributed by atoms with E-state index in [1.54, 1.807) is 6.92 Å². The van der Waals surface area contributed by atoms with E-state index in [4.69, 9.17) is 0 Å². The second-order valence-electron chi connectivity index (χ2n) is 4.99. The van der Waals surface area contributed by atoms with Gasteiger partial charge in [-0.3, -0.25) is 4.79 Å². The Kier molecular flexibility index (Phi) is 4.89. The summed E-state index contributed by atoms with van der Waals surface area (Å²) in [5.41, 5.74) is 0. The third-order valence-electron chi connectivity index (χ3n) is 3.45. The van der Waals surface area contributed by atoms with Gasteiger partial charge in [-0.25, -0.2) is 4.79 Å². The first-order chi connectivity index (χ1) is 8.65. The van der Waals surface area contributed by atoms with Crippen LogP contribution in [0.25, 0.3) is 0 Å². The van der Waals surface area contributed by atoms with Crippen molar-refractivity contribution in [3.8, 4) is 0 Å². The van der Waals surface area contributed by atoms with E-state index in [0.29, 0.717) is 6.42 Å². The minimum absolute atomic E-state index is 0.0245. The van der Waals surface area contributed by atoms with Crippen molar-refractivity contribution in [3.63, 3.8) is 0 Å². The fraction of sp³-hybridized carbons (Fsp3) is 0.818. The number of carbonyl (C=O) groups is 2. The molecule has 0 aromatic rings. The van der Waals surface area contributed by atoms with Crippen molar-refractivity contribution in [2.24, 2.45) is 11.8 Å². The zero-order valence-corrected chi connectivity index (χ0v) is 11.7. The first-order valence-electron chi connectivity index (χ1n) is 6.10. The summed E-state index contributed by atoms with van der Waals surface area (Å²) in [6.45, 7) is 3.50. The highest BCUT2D eigenvalue weighted by molar-refractivity contribution is 7.86. The average molecular weight is 295 g/mol. The highest BCUT2D eigenvalue weighted by Crippen LogP contribution is 2.26. The van der Waals surface area contributed by atoms with Gasteiger partial charge >= 0.3 is 16.2 Å². The van der Waals surface area contributed by atoms with Crippen LogP contribution in [0.3, 0.4) is 0 Å². The van der Waals surface area contributed by atoms with Crippen LogP contribution in [0.2, 0.25) is 0 Å². The molecular formula is C11H18FNO5S. The molecule has 19 heavy (non-hydrogen) atoms. The van der Waals surface area contributed by atoms with Gasteiger partial charge in [-0.15, -0.1) is 3.89 Å². The molecule has 0 saturated carbocycles. The van der Waals surface area contributed by atoms with Gasteiger partial charge in [0.1, 0.15) is 6.04 Å². The highest BCUT2D eigenvalue weighted by Gasteiger charge is 2.41. The SMILES string of the molecule is CCC(C)C(C(=O)O)N1CC(CS(=O)(=O)F)CC1=O. The molecule has 1 fully saturated rings. The van der Waals surface area contributed by atoms with Gasteiger partial charge in [-0.2, -0.15) is 8.42 Å². The predicted octanol–water partition coefficient (Wildman–Crippen LogP) is 0.634. The lowest BCUT2D eigenvalue weighted by Crippen LogP contribution is -2.46. The maximum absolute atomic E-state index is 12.6. The van der Waals surface area contributed by atoms with Crippen molar-refractivity contribution >= 4 is 22.1 Å². The third kappa shape index (κ3) is 4.15. The van der Waals surface area contributed by atoms with Crippen LogP contribution < -0.4 is 0 Å². The molecule has 3 atom stereocenters. The van der Waals surface area contributed by atoms with Crippen molar-refractivity contribution in [2.45, 2.75) is 32.7 Å². The Bertz CT molecular complexity index is 464. The summed E-state index contributed by atoms with van der Waals surface area (Å²) < 4.78 is 33.8. The molecule has 1 heterocycles. The minimum atomic E-state index is -4.65. The second-order valence-corrected chi connectivity index (χ2v) is 6.40. The molecule has 1 rings (SSSR count). The number of likely N-dealkylation sites (tertiary alicyclic amines) is 1. The molecule has 1 N–H and O–H groups in total. The second kappa shape index (κ2) is 5.85. The topological polar surface area (TPSA) is 91.8 Å². The molecule has 110 valence electrons. The minimum Gasteiger partial charge on any atom is -0.480 e. The van der Waals surface area contributed by atoms with Gasteiger partial charge in [0.05, 0.1) is 5.75 Å². The van der Waals surface area contributed by atoms with Gasteiger partial charge in [0.2, 0.25) is 5.91 Å². The van der Waals surface area contributed by atoms with Crippen LogP contribution in [-0.4, -0.2) is 48.6 Å². The molecule has 8 heteroatoms. The maximum atomic E-state index is 12.6. The van der Waals surface area contributed by atoms with E-state index in [1.807, 2.05) is 6.92 Å². The monoisotopic (exact) mass is 295 g/mol. The summed E-state index contributed by atoms with van der Waals surface area (Å²) in [6, 6.07) is -0.982. The fourth-order valence-electron chi connectivity index (χ4n) is 2.38. The number of hydrogen-bond donors (Lipinski definition) is 1. The van der Waals surface area contributed by atoms with Crippen LogP contribution in [0.1, 0.15) is 26.7 Å². The average Bonchev–Trinajstić information content (AvgIpc) is 2.56. The molecule has 6 nitrogen and oxygen atoms in total. The molecule has 0 aromatic carbocycles. The van der Waals surface area contributed by atoms with E-state index in [0.717, 1.165) is 4.90 Å². The molecule has 3 unspecified atom stereocenters. The Balaban J connectivity index is 2.84. The predicted molar refractivity (Wildman–Crippen MR) is 65.6 cm³/mol. The Morgan fingerprint density at radius 3 is 2.58 bits per heavy atom. The number of carboxylic acids is 1. The number of halogens is 1. The van der Waals surface area contributed by atoms with Gasteiger partial charge < -0.3 is 10.0 Å². The van der Waals surface area contributed by atoms with E-state index in [9.17, 15) is 27.0 Å². The van der Waals surface area contributed by atoms with E-state index in [-0.39, 0.29) is 18.9 Å². The van der Waals surface area contributed by atoms with E-state index >= 15 is 0 Å². The van der Waals surface area contributed by atoms with Crippen molar-refractivity contribution in [1.82, 2.24) is 4.90 Å². The van der Waals surface area contributed by atoms with Gasteiger partial charge in [0, 0.05) is 18.9 Å². The highest BCUT2D eigenvalue weighted by atomic mass is 32.3. The number of nitrogens with zero attached hydrogens (tertiary/aromatic N) is 1. The molecular weight excluding hydrogens is 277 g/mol. The molecule has 1 aliphatic heterocycles.